The summed E-state index contributed by atoms with van der Waals surface area (Å²) in [5, 5.41) is 0. The van der Waals surface area contributed by atoms with Gasteiger partial charge < -0.3 is 4.74 Å². The Balaban J connectivity index is 1.95. The molecule has 1 aromatic rings. The molecular weight excluding hydrogens is 212 g/mol. The second kappa shape index (κ2) is 5.67. The summed E-state index contributed by atoms with van der Waals surface area (Å²) in [4.78, 5) is 11.2. The number of benzene rings is 1. The van der Waals surface area contributed by atoms with Crippen molar-refractivity contribution < 1.29 is 9.53 Å². The Morgan fingerprint density at radius 2 is 2.12 bits per heavy atom. The first-order valence-corrected chi connectivity index (χ1v) is 6.09. The average Bonchev–Trinajstić information content (AvgIpc) is 2.40. The lowest BCUT2D eigenvalue weighted by Crippen LogP contribution is -2.08. The molecule has 0 aliphatic heterocycles. The van der Waals surface area contributed by atoms with Crippen molar-refractivity contribution in [2.75, 3.05) is 7.11 Å². The Morgan fingerprint density at radius 1 is 1.35 bits per heavy atom. The van der Waals surface area contributed by atoms with Crippen molar-refractivity contribution >= 4 is 5.97 Å². The molecule has 0 N–H and O–H groups in total. The Hall–Kier alpha value is -1.57. The van der Waals surface area contributed by atoms with Crippen molar-refractivity contribution in [3.05, 3.63) is 47.5 Å². The highest BCUT2D eigenvalue weighted by molar-refractivity contribution is 5.72. The fraction of sp³-hybridized carbons (Fsp3) is 0.400. The number of ether oxygens (including phenoxy) is 1. The van der Waals surface area contributed by atoms with E-state index in [0.717, 1.165) is 19.3 Å². The zero-order chi connectivity index (χ0) is 12.1. The number of carbonyl (C=O) groups is 1. The van der Waals surface area contributed by atoms with Crippen molar-refractivity contribution in [2.45, 2.75) is 31.6 Å². The molecule has 0 amide bonds. The van der Waals surface area contributed by atoms with Gasteiger partial charge in [-0.25, -0.2) is 0 Å². The molecule has 0 saturated carbocycles. The SMILES string of the molecule is COC(=O)CC1=CCC(c2ccccc2)CC1. The number of hydrogen-bond donors (Lipinski definition) is 0. The standard InChI is InChI=1S/C15H18O2/c1-17-15(16)11-12-7-9-14(10-8-12)13-5-3-2-4-6-13/h2-7,14H,8-11H2,1H3. The molecule has 2 heteroatoms. The van der Waals surface area contributed by atoms with Crippen molar-refractivity contribution in [3.8, 4) is 0 Å². The van der Waals surface area contributed by atoms with Gasteiger partial charge in [-0.2, -0.15) is 0 Å². The summed E-state index contributed by atoms with van der Waals surface area (Å²) >= 11 is 0. The van der Waals surface area contributed by atoms with Crippen LogP contribution in [0.25, 0.3) is 0 Å². The van der Waals surface area contributed by atoms with Crippen LogP contribution in [0.4, 0.5) is 0 Å². The van der Waals surface area contributed by atoms with Crippen molar-refractivity contribution in [3.63, 3.8) is 0 Å². The van der Waals surface area contributed by atoms with Gasteiger partial charge in [-0.05, 0) is 30.7 Å². The molecule has 1 aliphatic carbocycles. The van der Waals surface area contributed by atoms with Crippen LogP contribution in [-0.2, 0) is 9.53 Å². The van der Waals surface area contributed by atoms with E-state index in [1.165, 1.54) is 18.2 Å². The number of rotatable bonds is 3. The van der Waals surface area contributed by atoms with Crippen molar-refractivity contribution in [1.82, 2.24) is 0 Å². The van der Waals surface area contributed by atoms with Crippen molar-refractivity contribution in [2.24, 2.45) is 0 Å². The summed E-state index contributed by atoms with van der Waals surface area (Å²) in [6.07, 6.45) is 5.84. The first kappa shape index (κ1) is 11.9. The van der Waals surface area contributed by atoms with E-state index in [1.807, 2.05) is 6.07 Å². The molecule has 1 unspecified atom stereocenters. The molecule has 2 nitrogen and oxygen atoms in total. The van der Waals surface area contributed by atoms with Crippen molar-refractivity contribution in [1.29, 1.82) is 0 Å². The predicted octanol–water partition coefficient (Wildman–Crippen LogP) is 3.44. The molecular formula is C15H18O2. The highest BCUT2D eigenvalue weighted by atomic mass is 16.5. The lowest BCUT2D eigenvalue weighted by atomic mass is 9.84. The fourth-order valence-corrected chi connectivity index (χ4v) is 2.33. The third-order valence-electron chi connectivity index (χ3n) is 3.38. The van der Waals surface area contributed by atoms with Crippen LogP contribution < -0.4 is 0 Å². The van der Waals surface area contributed by atoms with Gasteiger partial charge in [-0.1, -0.05) is 42.0 Å². The Labute approximate surface area is 102 Å². The zero-order valence-corrected chi connectivity index (χ0v) is 10.2. The largest absolute Gasteiger partial charge is 0.469 e. The second-order valence-corrected chi connectivity index (χ2v) is 4.50. The van der Waals surface area contributed by atoms with Crippen LogP contribution in [0, 0.1) is 0 Å². The molecule has 0 bridgehead atoms. The molecule has 1 aliphatic rings. The molecule has 1 aromatic carbocycles. The monoisotopic (exact) mass is 230 g/mol. The predicted molar refractivity (Wildman–Crippen MR) is 67.8 cm³/mol. The number of methoxy groups -OCH3 is 1. The van der Waals surface area contributed by atoms with Gasteiger partial charge in [0.15, 0.2) is 0 Å². The van der Waals surface area contributed by atoms with Gasteiger partial charge in [0.25, 0.3) is 0 Å². The van der Waals surface area contributed by atoms with Gasteiger partial charge in [0, 0.05) is 0 Å². The molecule has 0 heterocycles. The summed E-state index contributed by atoms with van der Waals surface area (Å²) in [6.45, 7) is 0. The third-order valence-corrected chi connectivity index (χ3v) is 3.38. The van der Waals surface area contributed by atoms with Crippen LogP contribution in [0.1, 0.15) is 37.2 Å². The van der Waals surface area contributed by atoms with E-state index in [9.17, 15) is 4.79 Å². The van der Waals surface area contributed by atoms with Gasteiger partial charge in [0.2, 0.25) is 0 Å². The van der Waals surface area contributed by atoms with Gasteiger partial charge >= 0.3 is 5.97 Å². The topological polar surface area (TPSA) is 26.3 Å². The molecule has 2 rings (SSSR count). The maximum Gasteiger partial charge on any atom is 0.309 e. The van der Waals surface area contributed by atoms with E-state index in [1.54, 1.807) is 0 Å². The maximum absolute atomic E-state index is 11.2. The van der Waals surface area contributed by atoms with E-state index in [0.29, 0.717) is 12.3 Å². The van der Waals surface area contributed by atoms with Gasteiger partial charge in [0.1, 0.15) is 0 Å². The second-order valence-electron chi connectivity index (χ2n) is 4.50. The molecule has 1 atom stereocenters. The van der Waals surface area contributed by atoms with Crippen LogP contribution in [0.5, 0.6) is 0 Å². The normalized spacial score (nSPS) is 19.6. The number of allylic oxidation sites excluding steroid dienone is 1. The van der Waals surface area contributed by atoms with Crippen LogP contribution in [0.3, 0.4) is 0 Å². The van der Waals surface area contributed by atoms with E-state index < -0.39 is 0 Å². The Kier molecular flexibility index (Phi) is 3.97. The highest BCUT2D eigenvalue weighted by Crippen LogP contribution is 2.32. The summed E-state index contributed by atoms with van der Waals surface area (Å²) in [7, 11) is 1.44. The molecule has 0 aromatic heterocycles. The van der Waals surface area contributed by atoms with E-state index >= 15 is 0 Å². The Morgan fingerprint density at radius 3 is 2.71 bits per heavy atom. The lowest BCUT2D eigenvalue weighted by Gasteiger charge is -2.21. The number of carbonyl (C=O) groups excluding carboxylic acids is 1. The average molecular weight is 230 g/mol. The van der Waals surface area contributed by atoms with Crippen LogP contribution in [-0.4, -0.2) is 13.1 Å². The van der Waals surface area contributed by atoms with E-state index in [-0.39, 0.29) is 5.97 Å². The first-order chi connectivity index (χ1) is 8.29. The molecule has 0 radical (unpaired) electrons. The Bertz CT molecular complexity index is 406. The lowest BCUT2D eigenvalue weighted by molar-refractivity contribution is -0.139. The minimum atomic E-state index is -0.130. The van der Waals surface area contributed by atoms with Gasteiger partial charge in [0.05, 0.1) is 13.5 Å². The minimum absolute atomic E-state index is 0.130. The zero-order valence-electron chi connectivity index (χ0n) is 10.2. The van der Waals surface area contributed by atoms with E-state index in [4.69, 9.17) is 0 Å². The molecule has 17 heavy (non-hydrogen) atoms. The number of esters is 1. The molecule has 90 valence electrons. The number of hydrogen-bond acceptors (Lipinski definition) is 2. The van der Waals surface area contributed by atoms with Crippen LogP contribution >= 0.6 is 0 Å². The third kappa shape index (κ3) is 3.19. The summed E-state index contributed by atoms with van der Waals surface area (Å²) in [6, 6.07) is 10.6. The summed E-state index contributed by atoms with van der Waals surface area (Å²) in [5.41, 5.74) is 2.63. The quantitative estimate of drug-likeness (QED) is 0.587. The highest BCUT2D eigenvalue weighted by Gasteiger charge is 2.17. The molecule has 0 spiro atoms. The minimum Gasteiger partial charge on any atom is -0.469 e. The van der Waals surface area contributed by atoms with Gasteiger partial charge in [-0.15, -0.1) is 0 Å². The van der Waals surface area contributed by atoms with Gasteiger partial charge in [-0.3, -0.25) is 4.79 Å². The molecule has 0 fully saturated rings. The smallest absolute Gasteiger partial charge is 0.309 e. The maximum atomic E-state index is 11.2. The first-order valence-electron chi connectivity index (χ1n) is 6.09. The van der Waals surface area contributed by atoms with Crippen LogP contribution in [0.2, 0.25) is 0 Å². The van der Waals surface area contributed by atoms with Crippen LogP contribution in [0.15, 0.2) is 42.0 Å². The fourth-order valence-electron chi connectivity index (χ4n) is 2.33. The molecule has 0 saturated heterocycles. The van der Waals surface area contributed by atoms with E-state index in [2.05, 4.69) is 35.1 Å². The summed E-state index contributed by atoms with van der Waals surface area (Å²) in [5.74, 6) is 0.479. The summed E-state index contributed by atoms with van der Waals surface area (Å²) < 4.78 is 4.68.